The highest BCUT2D eigenvalue weighted by atomic mass is 127. The van der Waals surface area contributed by atoms with Crippen LogP contribution in [0.1, 0.15) is 46.5 Å². The van der Waals surface area contributed by atoms with Gasteiger partial charge in [-0.1, -0.05) is 26.3 Å². The number of ketones is 1. The van der Waals surface area contributed by atoms with Crippen LogP contribution in [-0.2, 0) is 4.79 Å². The van der Waals surface area contributed by atoms with Crippen molar-refractivity contribution in [3.8, 4) is 11.7 Å². The van der Waals surface area contributed by atoms with Crippen LogP contribution in [0.3, 0.4) is 0 Å². The first-order valence-corrected chi connectivity index (χ1v) is 9.55. The summed E-state index contributed by atoms with van der Waals surface area (Å²) in [4.78, 5) is 11.1. The summed E-state index contributed by atoms with van der Waals surface area (Å²) in [5.41, 5.74) is 1.10. The Kier molecular flexibility index (Phi) is 9.01. The van der Waals surface area contributed by atoms with Crippen molar-refractivity contribution in [3.63, 3.8) is 0 Å². The Morgan fingerprint density at radius 1 is 1.56 bits per heavy atom. The number of hydrogen-bond acceptors (Lipinski definition) is 3. The fourth-order valence-electron chi connectivity index (χ4n) is 2.32. The number of carbonyl (C=O) groups excluding carboxylic acids is 1. The number of allylic oxidation sites excluding steroid dienone is 1. The lowest BCUT2D eigenvalue weighted by Gasteiger charge is -2.32. The molecule has 0 amide bonds. The molecule has 2 unspecified atom stereocenters. The summed E-state index contributed by atoms with van der Waals surface area (Å²) in [7, 11) is 1.35. The van der Waals surface area contributed by atoms with E-state index in [1.165, 1.54) is 14.5 Å². The highest BCUT2D eigenvalue weighted by Gasteiger charge is 2.43. The number of terminal acetylenes is 1. The normalized spacial score (nSPS) is 28.8. The zero-order chi connectivity index (χ0) is 14.2. The van der Waals surface area contributed by atoms with Gasteiger partial charge >= 0.3 is 0 Å². The largest absolute Gasteiger partial charge is 0.392 e. The van der Waals surface area contributed by atoms with Gasteiger partial charge in [-0.2, -0.15) is 0 Å². The van der Waals surface area contributed by atoms with Gasteiger partial charge in [0.05, 0.1) is 6.10 Å². The first kappa shape index (κ1) is 18.0. The third kappa shape index (κ3) is 4.60. The number of rotatable bonds is 0. The van der Waals surface area contributed by atoms with Crippen molar-refractivity contribution in [2.24, 2.45) is 5.41 Å². The summed E-state index contributed by atoms with van der Waals surface area (Å²) in [6.45, 7) is 6.07. The molecule has 2 atom stereocenters. The summed E-state index contributed by atoms with van der Waals surface area (Å²) in [5, 5.41) is 12.1. The molecule has 2 rings (SSSR count). The molecular formula is C14H21IO2S. The molecule has 0 saturated heterocycles. The minimum absolute atomic E-state index is 0.0755. The molecule has 1 fully saturated rings. The van der Waals surface area contributed by atoms with E-state index in [9.17, 15) is 9.90 Å². The third-order valence-corrected chi connectivity index (χ3v) is 4.28. The van der Waals surface area contributed by atoms with Crippen molar-refractivity contribution in [3.05, 3.63) is 11.6 Å². The summed E-state index contributed by atoms with van der Waals surface area (Å²) < 4.78 is 0. The van der Waals surface area contributed by atoms with E-state index in [1.807, 2.05) is 35.1 Å². The van der Waals surface area contributed by atoms with Gasteiger partial charge < -0.3 is 5.11 Å². The molecule has 0 heterocycles. The van der Waals surface area contributed by atoms with Gasteiger partial charge in [0.15, 0.2) is 5.78 Å². The van der Waals surface area contributed by atoms with Crippen LogP contribution in [0.5, 0.6) is 0 Å². The monoisotopic (exact) mass is 380 g/mol. The summed E-state index contributed by atoms with van der Waals surface area (Å²) >= 11 is 2.03. The lowest BCUT2D eigenvalue weighted by atomic mass is 9.74. The molecule has 1 saturated carbocycles. The lowest BCUT2D eigenvalue weighted by Crippen LogP contribution is -2.31. The van der Waals surface area contributed by atoms with E-state index in [-0.39, 0.29) is 17.3 Å². The van der Waals surface area contributed by atoms with Gasteiger partial charge in [-0.25, -0.2) is 0 Å². The number of carbonyl (C=O) groups is 1. The zero-order valence-electron chi connectivity index (χ0n) is 11.2. The van der Waals surface area contributed by atoms with Crippen molar-refractivity contribution in [2.75, 3.05) is 0 Å². The average Bonchev–Trinajstić information content (AvgIpc) is 2.69. The molecule has 0 aromatic rings. The molecule has 0 radical (unpaired) electrons. The molecule has 4 heteroatoms. The van der Waals surface area contributed by atoms with E-state index in [1.54, 1.807) is 6.08 Å². The van der Waals surface area contributed by atoms with Crippen LogP contribution in [0.2, 0.25) is 0 Å². The topological polar surface area (TPSA) is 37.3 Å². The van der Waals surface area contributed by atoms with Crippen molar-refractivity contribution < 1.29 is 9.90 Å². The number of fused-ring (bicyclic) bond motifs is 1. The Hall–Kier alpha value is 0.01000. The molecule has 2 aliphatic carbocycles. The van der Waals surface area contributed by atoms with Gasteiger partial charge in [-0.05, 0) is 39.5 Å². The van der Waals surface area contributed by atoms with Crippen LogP contribution >= 0.6 is 30.1 Å². The maximum Gasteiger partial charge on any atom is 0.155 e. The van der Waals surface area contributed by atoms with Gasteiger partial charge in [-0.15, -0.1) is 6.42 Å². The van der Waals surface area contributed by atoms with Gasteiger partial charge in [0, 0.05) is 33.0 Å². The standard InChI is InChI=1S/C10H14O2.C2HIS.C2H6/c1-10-5-4-8(11)6-7(10)2-3-9(10)12;1-2-4-3;1-2/h6,9,12H,2-5H2,1H3;1H;1-2H3. The lowest BCUT2D eigenvalue weighted by molar-refractivity contribution is -0.116. The average molecular weight is 380 g/mol. The second kappa shape index (κ2) is 9.00. The first-order valence-electron chi connectivity index (χ1n) is 6.19. The van der Waals surface area contributed by atoms with Crippen LogP contribution in [0.15, 0.2) is 11.6 Å². The number of aliphatic hydroxyl groups is 1. The van der Waals surface area contributed by atoms with Crippen molar-refractivity contribution in [1.82, 2.24) is 0 Å². The summed E-state index contributed by atoms with van der Waals surface area (Å²) in [6, 6.07) is 0. The molecule has 0 aromatic heterocycles. The Morgan fingerprint density at radius 2 is 2.11 bits per heavy atom. The van der Waals surface area contributed by atoms with Crippen molar-refractivity contribution in [1.29, 1.82) is 0 Å². The number of halogens is 1. The first-order chi connectivity index (χ1) is 8.54. The predicted octanol–water partition coefficient (Wildman–Crippen LogP) is 4.12. The van der Waals surface area contributed by atoms with Gasteiger partial charge in [-0.3, -0.25) is 4.79 Å². The van der Waals surface area contributed by atoms with Crippen LogP contribution in [-0.4, -0.2) is 17.0 Å². The van der Waals surface area contributed by atoms with Gasteiger partial charge in [0.2, 0.25) is 0 Å². The minimum atomic E-state index is -0.225. The molecule has 1 N–H and O–H groups in total. The minimum Gasteiger partial charge on any atom is -0.392 e. The van der Waals surface area contributed by atoms with E-state index in [2.05, 4.69) is 12.2 Å². The molecule has 0 aromatic carbocycles. The van der Waals surface area contributed by atoms with E-state index < -0.39 is 0 Å². The second-order valence-corrected chi connectivity index (χ2v) is 6.01. The molecule has 2 nitrogen and oxygen atoms in total. The fourth-order valence-corrected chi connectivity index (χ4v) is 2.32. The smallest absolute Gasteiger partial charge is 0.155 e. The number of aliphatic hydroxyl groups excluding tert-OH is 1. The van der Waals surface area contributed by atoms with Gasteiger partial charge in [0.25, 0.3) is 0 Å². The molecule has 0 bridgehead atoms. The molecular weight excluding hydrogens is 359 g/mol. The second-order valence-electron chi connectivity index (χ2n) is 4.30. The fraction of sp³-hybridized carbons (Fsp3) is 0.643. The highest BCUT2D eigenvalue weighted by Crippen LogP contribution is 2.48. The van der Waals surface area contributed by atoms with Crippen LogP contribution in [0, 0.1) is 17.1 Å². The van der Waals surface area contributed by atoms with Gasteiger partial charge in [0.1, 0.15) is 0 Å². The van der Waals surface area contributed by atoms with E-state index in [0.29, 0.717) is 6.42 Å². The van der Waals surface area contributed by atoms with Crippen molar-refractivity contribution >= 4 is 35.9 Å². The van der Waals surface area contributed by atoms with Crippen LogP contribution in [0.25, 0.3) is 0 Å². The van der Waals surface area contributed by atoms with E-state index in [4.69, 9.17) is 6.42 Å². The molecule has 18 heavy (non-hydrogen) atoms. The highest BCUT2D eigenvalue weighted by molar-refractivity contribution is 14.2. The molecule has 0 aliphatic heterocycles. The maximum absolute atomic E-state index is 11.1. The predicted molar refractivity (Wildman–Crippen MR) is 87.5 cm³/mol. The Balaban J connectivity index is 0.000000415. The SMILES string of the molecule is C#CSI.CC.CC12CCC(=O)C=C1CCC2O. The maximum atomic E-state index is 11.1. The Bertz CT molecular complexity index is 346. The Morgan fingerprint density at radius 3 is 2.61 bits per heavy atom. The quantitative estimate of drug-likeness (QED) is 0.507. The van der Waals surface area contributed by atoms with Crippen LogP contribution < -0.4 is 0 Å². The zero-order valence-corrected chi connectivity index (χ0v) is 14.2. The van der Waals surface area contributed by atoms with E-state index in [0.717, 1.165) is 19.3 Å². The third-order valence-electron chi connectivity index (χ3n) is 3.43. The van der Waals surface area contributed by atoms with Crippen molar-refractivity contribution in [2.45, 2.75) is 52.6 Å². The molecule has 102 valence electrons. The number of hydrogen-bond donors (Lipinski definition) is 1. The summed E-state index contributed by atoms with van der Waals surface area (Å²) in [6.07, 6.45) is 9.43. The van der Waals surface area contributed by atoms with E-state index >= 15 is 0 Å². The summed E-state index contributed by atoms with van der Waals surface area (Å²) in [5.74, 6) is 0.233. The Labute approximate surface area is 127 Å². The molecule has 0 spiro atoms. The molecule has 2 aliphatic rings. The van der Waals surface area contributed by atoms with Crippen LogP contribution in [0.4, 0.5) is 0 Å².